The molecular formula is C18H29N3O3S. The van der Waals surface area contributed by atoms with E-state index in [4.69, 9.17) is 4.74 Å². The first-order valence-corrected chi connectivity index (χ1v) is 10.7. The van der Waals surface area contributed by atoms with Crippen LogP contribution in [0.2, 0.25) is 0 Å². The lowest BCUT2D eigenvalue weighted by molar-refractivity contribution is 0.0652. The highest BCUT2D eigenvalue weighted by Gasteiger charge is 2.28. The van der Waals surface area contributed by atoms with Gasteiger partial charge >= 0.3 is 0 Å². The van der Waals surface area contributed by atoms with Gasteiger partial charge in [0.1, 0.15) is 0 Å². The van der Waals surface area contributed by atoms with Gasteiger partial charge in [0.2, 0.25) is 0 Å². The van der Waals surface area contributed by atoms with E-state index in [0.29, 0.717) is 25.5 Å². The molecular weight excluding hydrogens is 338 g/mol. The van der Waals surface area contributed by atoms with E-state index in [1.165, 1.54) is 5.56 Å². The minimum Gasteiger partial charge on any atom is -0.374 e. The van der Waals surface area contributed by atoms with E-state index in [9.17, 15) is 8.42 Å². The first-order valence-electron chi connectivity index (χ1n) is 8.92. The molecule has 1 aromatic carbocycles. The topological polar surface area (TPSA) is 79.8 Å². The van der Waals surface area contributed by atoms with Gasteiger partial charge in [-0.2, -0.15) is 0 Å². The Morgan fingerprint density at radius 3 is 2.76 bits per heavy atom. The standard InChI is InChI=1S/C18H29N3O3S/c1-3-19-18(21-17-10-13-25(22,23)14-17)20-11-7-12-24-15(2)16-8-5-4-6-9-16/h4-6,8-9,15,17H,3,7,10-14H2,1-2H3,(H2,19,20,21). The Morgan fingerprint density at radius 2 is 2.12 bits per heavy atom. The van der Waals surface area contributed by atoms with Crippen LogP contribution in [0, 0.1) is 0 Å². The maximum Gasteiger partial charge on any atom is 0.191 e. The Labute approximate surface area is 151 Å². The lowest BCUT2D eigenvalue weighted by Crippen LogP contribution is -2.44. The van der Waals surface area contributed by atoms with E-state index in [-0.39, 0.29) is 23.7 Å². The van der Waals surface area contributed by atoms with Crippen LogP contribution >= 0.6 is 0 Å². The molecule has 1 saturated heterocycles. The maximum absolute atomic E-state index is 11.5. The smallest absolute Gasteiger partial charge is 0.191 e. The molecule has 0 aromatic heterocycles. The summed E-state index contributed by atoms with van der Waals surface area (Å²) in [7, 11) is -2.89. The first-order chi connectivity index (χ1) is 12.0. The van der Waals surface area contributed by atoms with Crippen molar-refractivity contribution in [3.05, 3.63) is 35.9 Å². The Kier molecular flexibility index (Phi) is 7.71. The average molecular weight is 368 g/mol. The summed E-state index contributed by atoms with van der Waals surface area (Å²) in [6.07, 6.45) is 1.53. The zero-order chi connectivity index (χ0) is 18.1. The Balaban J connectivity index is 1.72. The van der Waals surface area contributed by atoms with Crippen LogP contribution in [0.1, 0.15) is 38.4 Å². The van der Waals surface area contributed by atoms with Crippen molar-refractivity contribution in [3.8, 4) is 0 Å². The van der Waals surface area contributed by atoms with E-state index >= 15 is 0 Å². The summed E-state index contributed by atoms with van der Waals surface area (Å²) in [5, 5.41) is 6.38. The molecule has 25 heavy (non-hydrogen) atoms. The number of sulfone groups is 1. The number of nitrogens with one attached hydrogen (secondary N) is 2. The van der Waals surface area contributed by atoms with Gasteiger partial charge in [0.15, 0.2) is 15.8 Å². The van der Waals surface area contributed by atoms with Gasteiger partial charge in [0.25, 0.3) is 0 Å². The van der Waals surface area contributed by atoms with Crippen LogP contribution in [-0.4, -0.2) is 51.6 Å². The predicted molar refractivity (Wildman–Crippen MR) is 102 cm³/mol. The summed E-state index contributed by atoms with van der Waals surface area (Å²) in [5.41, 5.74) is 1.17. The van der Waals surface area contributed by atoms with Gasteiger partial charge in [-0.1, -0.05) is 30.3 Å². The highest BCUT2D eigenvalue weighted by molar-refractivity contribution is 7.91. The van der Waals surface area contributed by atoms with E-state index in [1.54, 1.807) is 0 Å². The van der Waals surface area contributed by atoms with E-state index < -0.39 is 9.84 Å². The van der Waals surface area contributed by atoms with Gasteiger partial charge in [0, 0.05) is 25.7 Å². The fourth-order valence-corrected chi connectivity index (χ4v) is 4.43. The fraction of sp³-hybridized carbons (Fsp3) is 0.611. The number of ether oxygens (including phenoxy) is 1. The molecule has 1 aromatic rings. The third kappa shape index (κ3) is 7.04. The molecule has 7 heteroatoms. The molecule has 0 bridgehead atoms. The Hall–Kier alpha value is -1.60. The van der Waals surface area contributed by atoms with Crippen molar-refractivity contribution in [2.75, 3.05) is 31.2 Å². The molecule has 2 atom stereocenters. The number of nitrogens with zero attached hydrogens (tertiary/aromatic N) is 1. The van der Waals surface area contributed by atoms with Crippen LogP contribution in [0.3, 0.4) is 0 Å². The minimum atomic E-state index is -2.89. The van der Waals surface area contributed by atoms with Crippen LogP contribution in [0.4, 0.5) is 0 Å². The van der Waals surface area contributed by atoms with Crippen molar-refractivity contribution in [2.45, 2.75) is 38.8 Å². The third-order valence-corrected chi connectivity index (χ3v) is 5.89. The summed E-state index contributed by atoms with van der Waals surface area (Å²) in [6, 6.07) is 10.1. The summed E-state index contributed by atoms with van der Waals surface area (Å²) in [4.78, 5) is 4.51. The second-order valence-corrected chi connectivity index (χ2v) is 8.51. The molecule has 0 amide bonds. The number of benzene rings is 1. The van der Waals surface area contributed by atoms with Crippen molar-refractivity contribution in [3.63, 3.8) is 0 Å². The number of rotatable bonds is 8. The van der Waals surface area contributed by atoms with Crippen molar-refractivity contribution >= 4 is 15.8 Å². The van der Waals surface area contributed by atoms with Crippen molar-refractivity contribution in [1.29, 1.82) is 0 Å². The largest absolute Gasteiger partial charge is 0.374 e. The van der Waals surface area contributed by atoms with E-state index in [0.717, 1.165) is 13.0 Å². The predicted octanol–water partition coefficient (Wildman–Crippen LogP) is 1.90. The van der Waals surface area contributed by atoms with Crippen LogP contribution in [-0.2, 0) is 14.6 Å². The van der Waals surface area contributed by atoms with Crippen molar-refractivity contribution in [1.82, 2.24) is 10.6 Å². The molecule has 0 spiro atoms. The second-order valence-electron chi connectivity index (χ2n) is 6.28. The summed E-state index contributed by atoms with van der Waals surface area (Å²) in [5.74, 6) is 1.13. The highest BCUT2D eigenvalue weighted by Crippen LogP contribution is 2.15. The molecule has 6 nitrogen and oxygen atoms in total. The van der Waals surface area contributed by atoms with Crippen LogP contribution in [0.25, 0.3) is 0 Å². The van der Waals surface area contributed by atoms with Gasteiger partial charge in [-0.15, -0.1) is 0 Å². The lowest BCUT2D eigenvalue weighted by atomic mass is 10.1. The van der Waals surface area contributed by atoms with Gasteiger partial charge < -0.3 is 15.4 Å². The normalized spacial score (nSPS) is 21.0. The molecule has 1 fully saturated rings. The van der Waals surface area contributed by atoms with Crippen LogP contribution in [0.15, 0.2) is 35.3 Å². The van der Waals surface area contributed by atoms with Crippen LogP contribution in [0.5, 0.6) is 0 Å². The molecule has 0 saturated carbocycles. The summed E-state index contributed by atoms with van der Waals surface area (Å²) >= 11 is 0. The molecule has 2 rings (SSSR count). The van der Waals surface area contributed by atoms with Gasteiger partial charge in [0.05, 0.1) is 17.6 Å². The molecule has 0 radical (unpaired) electrons. The lowest BCUT2D eigenvalue weighted by Gasteiger charge is -2.16. The quantitative estimate of drug-likeness (QED) is 0.417. The van der Waals surface area contributed by atoms with Crippen molar-refractivity contribution in [2.24, 2.45) is 4.99 Å². The number of aliphatic imine (C=N–C) groups is 1. The average Bonchev–Trinajstić information content (AvgIpc) is 2.94. The minimum absolute atomic E-state index is 0.0443. The van der Waals surface area contributed by atoms with Crippen LogP contribution < -0.4 is 10.6 Å². The third-order valence-electron chi connectivity index (χ3n) is 4.13. The molecule has 1 aliphatic heterocycles. The van der Waals surface area contributed by atoms with Gasteiger partial charge in [-0.3, -0.25) is 4.99 Å². The van der Waals surface area contributed by atoms with Gasteiger partial charge in [-0.05, 0) is 32.3 Å². The first kappa shape index (κ1) is 19.7. The zero-order valence-electron chi connectivity index (χ0n) is 15.1. The molecule has 1 heterocycles. The van der Waals surface area contributed by atoms with Crippen molar-refractivity contribution < 1.29 is 13.2 Å². The maximum atomic E-state index is 11.5. The number of hydrogen-bond acceptors (Lipinski definition) is 4. The highest BCUT2D eigenvalue weighted by atomic mass is 32.2. The molecule has 0 aliphatic carbocycles. The monoisotopic (exact) mass is 367 g/mol. The molecule has 140 valence electrons. The summed E-state index contributed by atoms with van der Waals surface area (Å²) < 4.78 is 28.9. The SMILES string of the molecule is CCNC(=NCCCOC(C)c1ccccc1)NC1CCS(=O)(=O)C1. The zero-order valence-corrected chi connectivity index (χ0v) is 15.9. The number of guanidine groups is 1. The number of hydrogen-bond donors (Lipinski definition) is 2. The fourth-order valence-electron chi connectivity index (χ4n) is 2.76. The van der Waals surface area contributed by atoms with Gasteiger partial charge in [-0.25, -0.2) is 8.42 Å². The van der Waals surface area contributed by atoms with E-state index in [1.807, 2.05) is 32.0 Å². The Morgan fingerprint density at radius 1 is 1.36 bits per heavy atom. The Bertz CT molecular complexity index is 647. The second kappa shape index (κ2) is 9.77. The summed E-state index contributed by atoms with van der Waals surface area (Å²) in [6.45, 7) is 6.05. The molecule has 2 N–H and O–H groups in total. The molecule has 1 aliphatic rings. The molecule has 2 unspecified atom stereocenters. The van der Waals surface area contributed by atoms with E-state index in [2.05, 4.69) is 27.8 Å².